The summed E-state index contributed by atoms with van der Waals surface area (Å²) in [6, 6.07) is 0.879. The van der Waals surface area contributed by atoms with E-state index in [1.807, 2.05) is 6.92 Å². The smallest absolute Gasteiger partial charge is 0.281 e. The maximum Gasteiger partial charge on any atom is 0.281 e. The molecule has 1 N–H and O–H groups in total. The zero-order chi connectivity index (χ0) is 12.5. The summed E-state index contributed by atoms with van der Waals surface area (Å²) < 4.78 is 27.8. The summed E-state index contributed by atoms with van der Waals surface area (Å²) in [6.07, 6.45) is 4.10. The van der Waals surface area contributed by atoms with Crippen LogP contribution in [0.15, 0.2) is 0 Å². The summed E-state index contributed by atoms with van der Waals surface area (Å²) in [4.78, 5) is 0. The standard InChI is InChI=1S/C11H23N3O2S/c1-3-7-13(2)17(15,16)14-8-6-10-4-5-11(9-14)12-10/h10-12H,3-9H2,1-2H3. The van der Waals surface area contributed by atoms with Crippen LogP contribution in [-0.2, 0) is 10.2 Å². The third-order valence-electron chi connectivity index (χ3n) is 3.74. The van der Waals surface area contributed by atoms with Crippen LogP contribution in [-0.4, -0.2) is 55.8 Å². The number of rotatable bonds is 4. The highest BCUT2D eigenvalue weighted by atomic mass is 32.2. The monoisotopic (exact) mass is 261 g/mol. The van der Waals surface area contributed by atoms with E-state index in [1.54, 1.807) is 11.4 Å². The van der Waals surface area contributed by atoms with Gasteiger partial charge in [-0.3, -0.25) is 0 Å². The number of nitrogens with zero attached hydrogens (tertiary/aromatic N) is 2. The number of hydrogen-bond donors (Lipinski definition) is 1. The minimum absolute atomic E-state index is 0.354. The lowest BCUT2D eigenvalue weighted by Gasteiger charge is -2.28. The highest BCUT2D eigenvalue weighted by molar-refractivity contribution is 7.86. The van der Waals surface area contributed by atoms with Crippen molar-refractivity contribution in [3.05, 3.63) is 0 Å². The molecular weight excluding hydrogens is 238 g/mol. The quantitative estimate of drug-likeness (QED) is 0.797. The van der Waals surface area contributed by atoms with Gasteiger partial charge in [-0.1, -0.05) is 6.92 Å². The van der Waals surface area contributed by atoms with Gasteiger partial charge in [0, 0.05) is 38.8 Å². The van der Waals surface area contributed by atoms with Crippen LogP contribution in [0.1, 0.15) is 32.6 Å². The van der Waals surface area contributed by atoms with Crippen molar-refractivity contribution in [1.29, 1.82) is 0 Å². The molecule has 17 heavy (non-hydrogen) atoms. The molecule has 0 aliphatic carbocycles. The van der Waals surface area contributed by atoms with E-state index in [2.05, 4.69) is 5.32 Å². The van der Waals surface area contributed by atoms with Gasteiger partial charge in [-0.15, -0.1) is 0 Å². The molecule has 0 amide bonds. The molecule has 0 saturated carbocycles. The fourth-order valence-corrected chi connectivity index (χ4v) is 4.26. The fourth-order valence-electron chi connectivity index (χ4n) is 2.75. The molecule has 2 unspecified atom stereocenters. The van der Waals surface area contributed by atoms with Crippen LogP contribution >= 0.6 is 0 Å². The predicted octanol–water partition coefficient (Wildman–Crippen LogP) is 0.399. The molecule has 2 fully saturated rings. The van der Waals surface area contributed by atoms with E-state index in [1.165, 1.54) is 10.7 Å². The van der Waals surface area contributed by atoms with Crippen LogP contribution in [0.3, 0.4) is 0 Å². The van der Waals surface area contributed by atoms with E-state index in [-0.39, 0.29) is 0 Å². The summed E-state index contributed by atoms with van der Waals surface area (Å²) in [7, 11) is -1.57. The minimum atomic E-state index is -3.24. The lowest BCUT2D eigenvalue weighted by molar-refractivity contribution is 0.342. The molecule has 2 aliphatic heterocycles. The first-order chi connectivity index (χ1) is 8.04. The van der Waals surface area contributed by atoms with Gasteiger partial charge in [-0.25, -0.2) is 0 Å². The first kappa shape index (κ1) is 13.3. The molecule has 100 valence electrons. The third kappa shape index (κ3) is 2.81. The maximum absolute atomic E-state index is 12.3. The van der Waals surface area contributed by atoms with Gasteiger partial charge in [0.15, 0.2) is 0 Å². The molecule has 0 aromatic rings. The molecule has 0 radical (unpaired) electrons. The average Bonchev–Trinajstić information content (AvgIpc) is 2.58. The first-order valence-electron chi connectivity index (χ1n) is 6.51. The average molecular weight is 261 g/mol. The van der Waals surface area contributed by atoms with Crippen molar-refractivity contribution in [2.45, 2.75) is 44.7 Å². The molecule has 0 aromatic carbocycles. The molecule has 6 heteroatoms. The Kier molecular flexibility index (Phi) is 4.07. The van der Waals surface area contributed by atoms with Crippen molar-refractivity contribution in [1.82, 2.24) is 13.9 Å². The summed E-state index contributed by atoms with van der Waals surface area (Å²) in [5.41, 5.74) is 0. The minimum Gasteiger partial charge on any atom is -0.310 e. The summed E-state index contributed by atoms with van der Waals surface area (Å²) >= 11 is 0. The number of fused-ring (bicyclic) bond motifs is 2. The Morgan fingerprint density at radius 3 is 2.71 bits per heavy atom. The molecule has 2 rings (SSSR count). The number of hydrogen-bond acceptors (Lipinski definition) is 3. The van der Waals surface area contributed by atoms with Crippen LogP contribution in [0.5, 0.6) is 0 Å². The second kappa shape index (κ2) is 5.22. The van der Waals surface area contributed by atoms with Gasteiger partial charge in [0.25, 0.3) is 10.2 Å². The van der Waals surface area contributed by atoms with Gasteiger partial charge >= 0.3 is 0 Å². The van der Waals surface area contributed by atoms with Crippen molar-refractivity contribution in [2.75, 3.05) is 26.7 Å². The summed E-state index contributed by atoms with van der Waals surface area (Å²) in [5.74, 6) is 0. The van der Waals surface area contributed by atoms with Crippen molar-refractivity contribution in [3.8, 4) is 0 Å². The predicted molar refractivity (Wildman–Crippen MR) is 68.0 cm³/mol. The summed E-state index contributed by atoms with van der Waals surface area (Å²) in [5, 5.41) is 3.50. The van der Waals surface area contributed by atoms with E-state index < -0.39 is 10.2 Å². The molecule has 2 aliphatic rings. The zero-order valence-electron chi connectivity index (χ0n) is 10.7. The lowest BCUT2D eigenvalue weighted by atomic mass is 10.1. The Morgan fingerprint density at radius 2 is 2.00 bits per heavy atom. The Labute approximate surface area is 104 Å². The fraction of sp³-hybridized carbons (Fsp3) is 1.00. The van der Waals surface area contributed by atoms with Crippen molar-refractivity contribution in [3.63, 3.8) is 0 Å². The van der Waals surface area contributed by atoms with Crippen LogP contribution < -0.4 is 5.32 Å². The molecule has 0 spiro atoms. The van der Waals surface area contributed by atoms with E-state index in [0.717, 1.165) is 19.3 Å². The number of nitrogens with one attached hydrogen (secondary N) is 1. The van der Waals surface area contributed by atoms with Crippen LogP contribution in [0.2, 0.25) is 0 Å². The topological polar surface area (TPSA) is 52.7 Å². The highest BCUT2D eigenvalue weighted by Gasteiger charge is 2.35. The van der Waals surface area contributed by atoms with E-state index in [0.29, 0.717) is 31.7 Å². The Morgan fingerprint density at radius 1 is 1.29 bits per heavy atom. The first-order valence-corrected chi connectivity index (χ1v) is 7.91. The molecule has 5 nitrogen and oxygen atoms in total. The Bertz CT molecular complexity index is 358. The highest BCUT2D eigenvalue weighted by Crippen LogP contribution is 2.22. The second-order valence-electron chi connectivity index (χ2n) is 5.11. The molecule has 0 aromatic heterocycles. The Balaban J connectivity index is 2.06. The molecule has 2 bridgehead atoms. The van der Waals surface area contributed by atoms with Crippen molar-refractivity contribution < 1.29 is 8.42 Å². The molecule has 2 heterocycles. The van der Waals surface area contributed by atoms with E-state index in [4.69, 9.17) is 0 Å². The van der Waals surface area contributed by atoms with Gasteiger partial charge in [-0.05, 0) is 25.7 Å². The van der Waals surface area contributed by atoms with Crippen LogP contribution in [0.4, 0.5) is 0 Å². The van der Waals surface area contributed by atoms with E-state index >= 15 is 0 Å². The zero-order valence-corrected chi connectivity index (χ0v) is 11.5. The molecule has 2 atom stereocenters. The van der Waals surface area contributed by atoms with Crippen molar-refractivity contribution in [2.24, 2.45) is 0 Å². The van der Waals surface area contributed by atoms with Gasteiger partial charge in [0.1, 0.15) is 0 Å². The van der Waals surface area contributed by atoms with E-state index in [9.17, 15) is 8.42 Å². The van der Waals surface area contributed by atoms with Gasteiger partial charge in [0.05, 0.1) is 0 Å². The van der Waals surface area contributed by atoms with Crippen LogP contribution in [0.25, 0.3) is 0 Å². The van der Waals surface area contributed by atoms with Crippen LogP contribution in [0, 0.1) is 0 Å². The largest absolute Gasteiger partial charge is 0.310 e. The maximum atomic E-state index is 12.3. The summed E-state index contributed by atoms with van der Waals surface area (Å²) in [6.45, 7) is 3.88. The third-order valence-corrected chi connectivity index (χ3v) is 5.70. The molecular formula is C11H23N3O2S. The Hall–Kier alpha value is -0.170. The van der Waals surface area contributed by atoms with Gasteiger partial charge in [-0.2, -0.15) is 17.0 Å². The molecule has 2 saturated heterocycles. The normalized spacial score (nSPS) is 30.8. The van der Waals surface area contributed by atoms with Crippen molar-refractivity contribution >= 4 is 10.2 Å². The van der Waals surface area contributed by atoms with Gasteiger partial charge < -0.3 is 5.32 Å². The van der Waals surface area contributed by atoms with Gasteiger partial charge in [0.2, 0.25) is 0 Å². The second-order valence-corrected chi connectivity index (χ2v) is 7.15. The lowest BCUT2D eigenvalue weighted by Crippen LogP contribution is -2.45. The SMILES string of the molecule is CCCN(C)S(=O)(=O)N1CCC2CCC(C1)N2.